The molecule has 1 heterocycles. The first kappa shape index (κ1) is 29.8. The normalized spacial score (nSPS) is 16.9. The molecule has 1 fully saturated rings. The van der Waals surface area contributed by atoms with Crippen molar-refractivity contribution in [3.63, 3.8) is 0 Å². The van der Waals surface area contributed by atoms with Gasteiger partial charge in [-0.25, -0.2) is 21.6 Å². The number of methoxy groups -OCH3 is 1. The maximum Gasteiger partial charge on any atom is 0.416 e. The molecule has 3 rings (SSSR count). The number of rotatable bonds is 11. The number of alkyl halides is 3. The Hall–Kier alpha value is -2.78. The topological polar surface area (TPSA) is 113 Å². The van der Waals surface area contributed by atoms with Crippen LogP contribution in [-0.2, 0) is 42.3 Å². The predicted octanol–water partition coefficient (Wildman–Crippen LogP) is 2.96. The van der Waals surface area contributed by atoms with Gasteiger partial charge in [0.15, 0.2) is 0 Å². The van der Waals surface area contributed by atoms with Gasteiger partial charge < -0.3 is 9.64 Å². The molecule has 1 atom stereocenters. The van der Waals surface area contributed by atoms with Crippen molar-refractivity contribution in [1.82, 2.24) is 9.03 Å². The molecule has 0 bridgehead atoms. The van der Waals surface area contributed by atoms with Crippen LogP contribution in [0.1, 0.15) is 17.5 Å². The molecule has 14 heteroatoms. The molecule has 0 saturated carbocycles. The van der Waals surface area contributed by atoms with Gasteiger partial charge in [-0.2, -0.15) is 17.5 Å². The van der Waals surface area contributed by atoms with E-state index in [4.69, 9.17) is 4.74 Å². The summed E-state index contributed by atoms with van der Waals surface area (Å²) in [5, 5.41) is 0.788. The third kappa shape index (κ3) is 7.41. The monoisotopic (exact) mass is 575 g/mol. The van der Waals surface area contributed by atoms with E-state index in [1.807, 2.05) is 0 Å². The van der Waals surface area contributed by atoms with Crippen LogP contribution in [0, 0.1) is 5.92 Å². The van der Waals surface area contributed by atoms with E-state index in [9.17, 15) is 34.8 Å². The molecule has 0 unspecified atom stereocenters. The SMILES string of the molecule is C=CS(=O)(=O)NC[C@H]1CCN(S(=O)(=O)c2ccc(N(Cc3ccc(C(F)(F)F)cc3)C(=O)COC)cc2)C1. The van der Waals surface area contributed by atoms with Gasteiger partial charge in [0, 0.05) is 37.8 Å². The Bertz CT molecular complexity index is 1350. The van der Waals surface area contributed by atoms with Gasteiger partial charge in [0.2, 0.25) is 20.0 Å². The molecule has 1 saturated heterocycles. The van der Waals surface area contributed by atoms with Crippen LogP contribution in [0.2, 0.25) is 0 Å². The van der Waals surface area contributed by atoms with Crippen molar-refractivity contribution in [1.29, 1.82) is 0 Å². The van der Waals surface area contributed by atoms with Crippen LogP contribution in [0.4, 0.5) is 18.9 Å². The summed E-state index contributed by atoms with van der Waals surface area (Å²) in [6.07, 6.45) is -4.01. The lowest BCUT2D eigenvalue weighted by Crippen LogP contribution is -2.33. The van der Waals surface area contributed by atoms with Gasteiger partial charge in [-0.05, 0) is 54.3 Å². The molecule has 2 aromatic carbocycles. The number of anilines is 1. The van der Waals surface area contributed by atoms with Crippen LogP contribution in [0.3, 0.4) is 0 Å². The zero-order chi connectivity index (χ0) is 28.1. The molecule has 2 aromatic rings. The van der Waals surface area contributed by atoms with E-state index in [2.05, 4.69) is 11.3 Å². The Labute approximate surface area is 220 Å². The first-order valence-corrected chi connectivity index (χ1v) is 14.4. The molecule has 0 aromatic heterocycles. The number of ether oxygens (including phenoxy) is 1. The summed E-state index contributed by atoms with van der Waals surface area (Å²) in [5.41, 5.74) is -0.0359. The number of hydrogen-bond donors (Lipinski definition) is 1. The second-order valence-electron chi connectivity index (χ2n) is 8.68. The summed E-state index contributed by atoms with van der Waals surface area (Å²) in [4.78, 5) is 14.0. The largest absolute Gasteiger partial charge is 0.416 e. The fourth-order valence-corrected chi connectivity index (χ4v) is 6.05. The zero-order valence-corrected chi connectivity index (χ0v) is 22.2. The smallest absolute Gasteiger partial charge is 0.375 e. The molecular weight excluding hydrogens is 547 g/mol. The number of nitrogens with one attached hydrogen (secondary N) is 1. The fraction of sp³-hybridized carbons (Fsp3) is 0.375. The summed E-state index contributed by atoms with van der Waals surface area (Å²) in [5.74, 6) is -0.669. The van der Waals surface area contributed by atoms with E-state index < -0.39 is 37.7 Å². The summed E-state index contributed by atoms with van der Waals surface area (Å²) < 4.78 is 96.6. The highest BCUT2D eigenvalue weighted by Crippen LogP contribution is 2.30. The summed E-state index contributed by atoms with van der Waals surface area (Å²) >= 11 is 0. The van der Waals surface area contributed by atoms with Crippen molar-refractivity contribution >= 4 is 31.6 Å². The van der Waals surface area contributed by atoms with E-state index in [0.717, 1.165) is 17.5 Å². The quantitative estimate of drug-likeness (QED) is 0.441. The van der Waals surface area contributed by atoms with Crippen LogP contribution in [-0.4, -0.2) is 60.4 Å². The van der Waals surface area contributed by atoms with Gasteiger partial charge in [-0.15, -0.1) is 0 Å². The Balaban J connectivity index is 1.75. The zero-order valence-electron chi connectivity index (χ0n) is 20.5. The number of nitrogens with zero attached hydrogens (tertiary/aromatic N) is 2. The Morgan fingerprint density at radius 1 is 1.13 bits per heavy atom. The third-order valence-electron chi connectivity index (χ3n) is 6.02. The lowest BCUT2D eigenvalue weighted by molar-refractivity contribution is -0.137. The van der Waals surface area contributed by atoms with Gasteiger partial charge in [0.1, 0.15) is 6.61 Å². The number of halogens is 3. The second-order valence-corrected chi connectivity index (χ2v) is 12.3. The number of sulfonamides is 2. The number of amides is 1. The number of hydrogen-bond acceptors (Lipinski definition) is 6. The van der Waals surface area contributed by atoms with Crippen molar-refractivity contribution in [2.24, 2.45) is 5.92 Å². The molecule has 208 valence electrons. The summed E-state index contributed by atoms with van der Waals surface area (Å²) in [6.45, 7) is 3.31. The second kappa shape index (κ2) is 11.9. The Morgan fingerprint density at radius 2 is 1.76 bits per heavy atom. The molecule has 9 nitrogen and oxygen atoms in total. The van der Waals surface area contributed by atoms with Crippen molar-refractivity contribution in [3.8, 4) is 0 Å². The molecule has 0 aliphatic carbocycles. The molecule has 1 aliphatic rings. The van der Waals surface area contributed by atoms with Crippen LogP contribution in [0.15, 0.2) is 65.4 Å². The Morgan fingerprint density at radius 3 is 2.32 bits per heavy atom. The van der Waals surface area contributed by atoms with Gasteiger partial charge in [-0.3, -0.25) is 4.79 Å². The molecular formula is C24H28F3N3O6S2. The maximum absolute atomic E-state index is 13.1. The van der Waals surface area contributed by atoms with Crippen LogP contribution in [0.5, 0.6) is 0 Å². The predicted molar refractivity (Wildman–Crippen MR) is 135 cm³/mol. The number of benzene rings is 2. The summed E-state index contributed by atoms with van der Waals surface area (Å²) in [6, 6.07) is 9.97. The molecule has 0 spiro atoms. The van der Waals surface area contributed by atoms with Crippen LogP contribution < -0.4 is 9.62 Å². The van der Waals surface area contributed by atoms with Crippen molar-refractivity contribution in [2.75, 3.05) is 38.3 Å². The van der Waals surface area contributed by atoms with E-state index in [0.29, 0.717) is 17.7 Å². The average Bonchev–Trinajstić information content (AvgIpc) is 3.36. The lowest BCUT2D eigenvalue weighted by Gasteiger charge is -2.24. The van der Waals surface area contributed by atoms with E-state index >= 15 is 0 Å². The summed E-state index contributed by atoms with van der Waals surface area (Å²) in [7, 11) is -6.16. The fourth-order valence-electron chi connectivity index (χ4n) is 3.93. The minimum absolute atomic E-state index is 0.0118. The average molecular weight is 576 g/mol. The van der Waals surface area contributed by atoms with Crippen LogP contribution >= 0.6 is 0 Å². The highest BCUT2D eigenvalue weighted by molar-refractivity contribution is 7.92. The Kier molecular flexibility index (Phi) is 9.36. The highest BCUT2D eigenvalue weighted by atomic mass is 32.2. The molecule has 38 heavy (non-hydrogen) atoms. The van der Waals surface area contributed by atoms with Crippen molar-refractivity contribution < 1.29 is 39.5 Å². The van der Waals surface area contributed by atoms with Crippen molar-refractivity contribution in [2.45, 2.75) is 24.0 Å². The third-order valence-corrected chi connectivity index (χ3v) is 8.91. The molecule has 1 aliphatic heterocycles. The van der Waals surface area contributed by atoms with E-state index in [1.54, 1.807) is 0 Å². The first-order valence-electron chi connectivity index (χ1n) is 11.4. The minimum Gasteiger partial charge on any atom is -0.375 e. The van der Waals surface area contributed by atoms with E-state index in [-0.39, 0.29) is 43.6 Å². The first-order chi connectivity index (χ1) is 17.8. The van der Waals surface area contributed by atoms with Gasteiger partial charge in [0.05, 0.1) is 17.0 Å². The molecule has 0 radical (unpaired) electrons. The van der Waals surface area contributed by atoms with Gasteiger partial charge >= 0.3 is 6.18 Å². The molecule has 1 amide bonds. The lowest BCUT2D eigenvalue weighted by atomic mass is 10.1. The number of carbonyl (C=O) groups excluding carboxylic acids is 1. The van der Waals surface area contributed by atoms with Crippen LogP contribution in [0.25, 0.3) is 0 Å². The van der Waals surface area contributed by atoms with E-state index in [1.165, 1.54) is 52.7 Å². The highest BCUT2D eigenvalue weighted by Gasteiger charge is 2.33. The minimum atomic E-state index is -4.49. The molecule has 1 N–H and O–H groups in total. The maximum atomic E-state index is 13.1. The van der Waals surface area contributed by atoms with Crippen molar-refractivity contribution in [3.05, 3.63) is 71.6 Å². The standard InChI is InChI=1S/C24H28F3N3O6S2/c1-3-37(32,33)28-14-19-12-13-29(15-19)38(34,35)22-10-8-21(9-11-22)30(23(31)17-36-2)16-18-4-6-20(7-5-18)24(25,26)27/h3-11,19,28H,1,12-17H2,2H3/t19-/m1/s1. The van der Waals surface area contributed by atoms with Gasteiger partial charge in [0.25, 0.3) is 5.91 Å². The van der Waals surface area contributed by atoms with Gasteiger partial charge in [-0.1, -0.05) is 18.7 Å². The number of carbonyl (C=O) groups is 1.